The molecule has 0 N–H and O–H groups in total. The fraction of sp³-hybridized carbons (Fsp3) is 0.0769. The van der Waals surface area contributed by atoms with E-state index in [-0.39, 0.29) is 42.1 Å². The van der Waals surface area contributed by atoms with Gasteiger partial charge in [-0.15, -0.1) is 47.8 Å². The number of para-hydroxylation sites is 4. The van der Waals surface area contributed by atoms with Crippen LogP contribution in [0.2, 0.25) is 0 Å². The van der Waals surface area contributed by atoms with Crippen LogP contribution < -0.4 is 18.6 Å². The van der Waals surface area contributed by atoms with Gasteiger partial charge in [-0.25, -0.2) is 0 Å². The number of rotatable bonds is 9. The molecule has 8 nitrogen and oxygen atoms in total. The smallest absolute Gasteiger partial charge is 0.268 e. The molecule has 0 aliphatic rings. The minimum Gasteiger partial charge on any atom is -0.511 e. The quantitative estimate of drug-likeness (QED) is 0.107. The van der Waals surface area contributed by atoms with Crippen molar-refractivity contribution in [3.05, 3.63) is 205 Å². The van der Waals surface area contributed by atoms with E-state index in [2.05, 4.69) is 144 Å². The molecule has 10 rings (SSSR count). The van der Waals surface area contributed by atoms with Crippen molar-refractivity contribution >= 4 is 22.1 Å². The maximum atomic E-state index is 6.32. The molecule has 310 valence electrons. The molecule has 4 heterocycles. The van der Waals surface area contributed by atoms with Crippen molar-refractivity contribution in [2.45, 2.75) is 27.7 Å². The van der Waals surface area contributed by atoms with Crippen LogP contribution in [-0.2, 0) is 42.1 Å². The molecule has 0 fully saturated rings. The van der Waals surface area contributed by atoms with Crippen LogP contribution in [0.3, 0.4) is 0 Å². The fourth-order valence-corrected chi connectivity index (χ4v) is 7.61. The summed E-state index contributed by atoms with van der Waals surface area (Å²) in [5.74, 6) is 1.94. The van der Waals surface area contributed by atoms with Crippen LogP contribution in [0.4, 0.5) is 0 Å². The number of hydrogen-bond donors (Lipinski definition) is 0. The molecule has 0 atom stereocenters. The second-order valence-corrected chi connectivity index (χ2v) is 14.8. The predicted octanol–water partition coefficient (Wildman–Crippen LogP) is 10.2. The molecule has 4 aromatic heterocycles. The minimum atomic E-state index is 0. The van der Waals surface area contributed by atoms with Crippen molar-refractivity contribution in [2.24, 2.45) is 0 Å². The summed E-state index contributed by atoms with van der Waals surface area (Å²) in [5.41, 5.74) is 13.4. The van der Waals surface area contributed by atoms with Crippen LogP contribution >= 0.6 is 0 Å². The normalized spacial score (nSPS) is 11.0. The molecule has 0 bridgehead atoms. The Hall–Kier alpha value is -6.46. The molecule has 0 saturated carbocycles. The molecule has 6 aromatic carbocycles. The Bertz CT molecular complexity index is 2990. The number of pyridine rings is 2. The number of imidazole rings is 2. The van der Waals surface area contributed by atoms with Crippen LogP contribution in [0.5, 0.6) is 23.0 Å². The number of aryl methyl sites for hydroxylation is 4. The molecule has 0 aliphatic carbocycles. The average molecular weight is 1170 g/mol. The minimum absolute atomic E-state index is 0. The molecule has 0 radical (unpaired) electrons. The fourth-order valence-electron chi connectivity index (χ4n) is 7.61. The number of benzene rings is 6. The van der Waals surface area contributed by atoms with E-state index >= 15 is 0 Å². The third-order valence-electron chi connectivity index (χ3n) is 10.1. The van der Waals surface area contributed by atoms with Crippen molar-refractivity contribution in [1.29, 1.82) is 0 Å². The van der Waals surface area contributed by atoms with E-state index < -0.39 is 0 Å². The van der Waals surface area contributed by atoms with Gasteiger partial charge < -0.3 is 28.6 Å². The standard InChI is InChI=1S/C52H36N6O2.2Pt/c1-35-23-36(2)26-41(25-35)57-33-55(49-15-5-7-17-51(49)57)39-11-9-13-43(29-39)59-45-19-21-53-47(31-45)48-32-46(20-22-54-48)60-44-14-10-12-40(30-44)56-34-58(52-18-8-6-16-50(52)56)42-27-37(3)24-38(4)28-42;;/h5-28H,1-4H3;;/q-4;;. The molecular weight excluding hydrogens is 1130 g/mol. The topological polar surface area (TPSA) is 61.9 Å². The van der Waals surface area contributed by atoms with Gasteiger partial charge in [-0.05, 0) is 75.7 Å². The Morgan fingerprint density at radius 2 is 0.823 bits per heavy atom. The summed E-state index contributed by atoms with van der Waals surface area (Å²) in [6.07, 6.45) is 10.4. The Morgan fingerprint density at radius 1 is 0.435 bits per heavy atom. The average Bonchev–Trinajstić information content (AvgIpc) is 3.84. The van der Waals surface area contributed by atoms with Crippen LogP contribution in [0.1, 0.15) is 22.3 Å². The van der Waals surface area contributed by atoms with E-state index in [9.17, 15) is 0 Å². The molecular formula is C52H36N6O2Pt2-4. The molecule has 0 unspecified atom stereocenters. The molecule has 0 aliphatic heterocycles. The van der Waals surface area contributed by atoms with Gasteiger partial charge in [0.25, 0.3) is 12.7 Å². The Balaban J connectivity index is 0.00000264. The van der Waals surface area contributed by atoms with Gasteiger partial charge in [-0.1, -0.05) is 82.9 Å². The van der Waals surface area contributed by atoms with E-state index in [1.807, 2.05) is 69.8 Å². The van der Waals surface area contributed by atoms with Crippen LogP contribution in [-0.4, -0.2) is 19.1 Å². The van der Waals surface area contributed by atoms with Gasteiger partial charge in [-0.2, -0.15) is 36.4 Å². The molecule has 10 aromatic rings. The van der Waals surface area contributed by atoms with E-state index in [4.69, 9.17) is 9.47 Å². The number of nitrogens with zero attached hydrogens (tertiary/aromatic N) is 6. The summed E-state index contributed by atoms with van der Waals surface area (Å²) in [7, 11) is 0. The summed E-state index contributed by atoms with van der Waals surface area (Å²) in [6, 6.07) is 57.9. The van der Waals surface area contributed by atoms with Crippen LogP contribution in [0.25, 0.3) is 56.2 Å². The monoisotopic (exact) mass is 1170 g/mol. The SMILES string of the molecule is Cc1cc(C)cc(-n2[c-][n+](-c3[c-]c(Oc4[c-]c(-c5[c-]c(Oc6[c-]c(-[n+]7[c-]n(-c8cc(C)cc(C)c8)c8ccccc87)ccc6)ccn5)ncc4)ccc3)c3ccccc32)c1.[Pt].[Pt]. The largest absolute Gasteiger partial charge is 0.511 e. The van der Waals surface area contributed by atoms with Crippen molar-refractivity contribution in [3.8, 4) is 57.1 Å². The van der Waals surface area contributed by atoms with Crippen molar-refractivity contribution < 1.29 is 60.7 Å². The number of ether oxygens (including phenoxy) is 2. The first-order chi connectivity index (χ1) is 29.3. The van der Waals surface area contributed by atoms with Gasteiger partial charge in [0.05, 0.1) is 33.4 Å². The number of aromatic nitrogens is 6. The number of hydrogen-bond acceptors (Lipinski definition) is 4. The Morgan fingerprint density at radius 3 is 1.24 bits per heavy atom. The van der Waals surface area contributed by atoms with Crippen LogP contribution in [0.15, 0.2) is 146 Å². The predicted molar refractivity (Wildman–Crippen MR) is 229 cm³/mol. The maximum absolute atomic E-state index is 6.32. The van der Waals surface area contributed by atoms with E-state index in [0.29, 0.717) is 34.4 Å². The Labute approximate surface area is 389 Å². The third kappa shape index (κ3) is 8.54. The summed E-state index contributed by atoms with van der Waals surface area (Å²) < 4.78 is 20.8. The van der Waals surface area contributed by atoms with E-state index in [1.54, 1.807) is 24.5 Å². The number of fused-ring (bicyclic) bond motifs is 2. The van der Waals surface area contributed by atoms with Crippen molar-refractivity contribution in [2.75, 3.05) is 0 Å². The zero-order valence-corrected chi connectivity index (χ0v) is 38.5. The second-order valence-electron chi connectivity index (χ2n) is 14.8. The van der Waals surface area contributed by atoms with Gasteiger partial charge in [0.15, 0.2) is 0 Å². The van der Waals surface area contributed by atoms with E-state index in [0.717, 1.165) is 44.8 Å². The summed E-state index contributed by atoms with van der Waals surface area (Å²) in [4.78, 5) is 9.08. The first-order valence-corrected chi connectivity index (χ1v) is 19.6. The summed E-state index contributed by atoms with van der Waals surface area (Å²) in [6.45, 7) is 8.43. The maximum Gasteiger partial charge on any atom is 0.268 e. The van der Waals surface area contributed by atoms with E-state index in [1.165, 1.54) is 22.3 Å². The second kappa shape index (κ2) is 17.9. The van der Waals surface area contributed by atoms with Gasteiger partial charge >= 0.3 is 0 Å². The van der Waals surface area contributed by atoms with Crippen molar-refractivity contribution in [3.63, 3.8) is 0 Å². The first-order valence-electron chi connectivity index (χ1n) is 19.6. The van der Waals surface area contributed by atoms with Gasteiger partial charge in [0.1, 0.15) is 0 Å². The van der Waals surface area contributed by atoms with Gasteiger partial charge in [-0.3, -0.25) is 9.13 Å². The zero-order valence-electron chi connectivity index (χ0n) is 34.0. The molecule has 0 amide bonds. The molecule has 10 heteroatoms. The van der Waals surface area contributed by atoms with Gasteiger partial charge in [0, 0.05) is 65.1 Å². The van der Waals surface area contributed by atoms with Crippen LogP contribution in [0, 0.1) is 64.6 Å². The molecule has 62 heavy (non-hydrogen) atoms. The van der Waals surface area contributed by atoms with Gasteiger partial charge in [0.2, 0.25) is 0 Å². The van der Waals surface area contributed by atoms with Crippen molar-refractivity contribution in [1.82, 2.24) is 19.1 Å². The molecule has 0 saturated heterocycles. The Kier molecular flexibility index (Phi) is 12.2. The zero-order chi connectivity index (χ0) is 40.7. The first kappa shape index (κ1) is 42.2. The summed E-state index contributed by atoms with van der Waals surface area (Å²) >= 11 is 0. The summed E-state index contributed by atoms with van der Waals surface area (Å²) in [5, 5.41) is 0. The molecule has 0 spiro atoms. The third-order valence-corrected chi connectivity index (χ3v) is 10.1.